The standard InChI is InChI=1S/C33H35NO7S/c1-8-39-32(36)30-22(6)31(33(37)40-9-2)42-29(30)16-26(35)24(17-34)14-23-10-11-27(28(15-23)38-7)41-18-25-20(4)12-19(3)13-21(25)5/h10-15H,8-9,16,18H2,1-7H3. The van der Waals surface area contributed by atoms with Crippen LogP contribution in [0.5, 0.6) is 11.5 Å². The number of rotatable bonds is 12. The Morgan fingerprint density at radius 1 is 0.929 bits per heavy atom. The summed E-state index contributed by atoms with van der Waals surface area (Å²) in [4.78, 5) is 39.0. The monoisotopic (exact) mass is 589 g/mol. The van der Waals surface area contributed by atoms with Crippen molar-refractivity contribution in [1.82, 2.24) is 0 Å². The summed E-state index contributed by atoms with van der Waals surface area (Å²) in [6, 6.07) is 11.3. The Morgan fingerprint density at radius 3 is 2.17 bits per heavy atom. The van der Waals surface area contributed by atoms with Gasteiger partial charge >= 0.3 is 11.9 Å². The molecule has 0 radical (unpaired) electrons. The lowest BCUT2D eigenvalue weighted by molar-refractivity contribution is -0.114. The molecule has 0 aliphatic rings. The molecule has 220 valence electrons. The van der Waals surface area contributed by atoms with Gasteiger partial charge in [0.2, 0.25) is 0 Å². The topological polar surface area (TPSA) is 112 Å². The van der Waals surface area contributed by atoms with Crippen molar-refractivity contribution in [3.63, 3.8) is 0 Å². The van der Waals surface area contributed by atoms with E-state index in [1.807, 2.05) is 6.07 Å². The lowest BCUT2D eigenvalue weighted by atomic mass is 10.0. The molecule has 0 unspecified atom stereocenters. The number of carbonyl (C=O) groups is 3. The number of nitriles is 1. The summed E-state index contributed by atoms with van der Waals surface area (Å²) in [6.45, 7) is 11.8. The van der Waals surface area contributed by atoms with Gasteiger partial charge in [-0.3, -0.25) is 4.79 Å². The van der Waals surface area contributed by atoms with Crippen LogP contribution < -0.4 is 9.47 Å². The van der Waals surface area contributed by atoms with Crippen LogP contribution in [0, 0.1) is 39.0 Å². The van der Waals surface area contributed by atoms with Gasteiger partial charge in [-0.25, -0.2) is 9.59 Å². The number of hydrogen-bond donors (Lipinski definition) is 0. The van der Waals surface area contributed by atoms with Gasteiger partial charge in [0.1, 0.15) is 17.6 Å². The van der Waals surface area contributed by atoms with Crippen LogP contribution in [0.2, 0.25) is 0 Å². The minimum absolute atomic E-state index is 0.116. The van der Waals surface area contributed by atoms with Crippen LogP contribution in [0.15, 0.2) is 35.9 Å². The molecule has 0 saturated heterocycles. The Morgan fingerprint density at radius 2 is 1.57 bits per heavy atom. The van der Waals surface area contributed by atoms with E-state index in [-0.39, 0.29) is 35.6 Å². The van der Waals surface area contributed by atoms with Crippen molar-refractivity contribution in [2.75, 3.05) is 20.3 Å². The zero-order chi connectivity index (χ0) is 31.0. The number of allylic oxidation sites excluding steroid dienone is 1. The molecule has 0 aliphatic carbocycles. The van der Waals surface area contributed by atoms with E-state index in [2.05, 4.69) is 32.9 Å². The number of nitrogens with zero attached hydrogens (tertiary/aromatic N) is 1. The molecule has 0 spiro atoms. The summed E-state index contributed by atoms with van der Waals surface area (Å²) in [5.74, 6) is -0.748. The van der Waals surface area contributed by atoms with Crippen molar-refractivity contribution in [1.29, 1.82) is 5.26 Å². The maximum absolute atomic E-state index is 13.3. The van der Waals surface area contributed by atoms with Crippen LogP contribution in [-0.4, -0.2) is 38.0 Å². The van der Waals surface area contributed by atoms with E-state index in [9.17, 15) is 19.6 Å². The summed E-state index contributed by atoms with van der Waals surface area (Å²) in [7, 11) is 1.52. The largest absolute Gasteiger partial charge is 0.493 e. The number of ether oxygens (including phenoxy) is 4. The van der Waals surface area contributed by atoms with Crippen molar-refractivity contribution in [2.24, 2.45) is 0 Å². The quantitative estimate of drug-likeness (QED) is 0.131. The maximum atomic E-state index is 13.3. The van der Waals surface area contributed by atoms with Crippen LogP contribution in [0.25, 0.3) is 6.08 Å². The van der Waals surface area contributed by atoms with Crippen molar-refractivity contribution in [2.45, 2.75) is 54.6 Å². The maximum Gasteiger partial charge on any atom is 0.348 e. The van der Waals surface area contributed by atoms with Crippen LogP contribution in [-0.2, 0) is 27.3 Å². The Kier molecular flexibility index (Phi) is 11.1. The molecule has 1 aromatic heterocycles. The molecule has 1 heterocycles. The predicted octanol–water partition coefficient (Wildman–Crippen LogP) is 6.64. The molecule has 8 nitrogen and oxygen atoms in total. The first-order chi connectivity index (χ1) is 20.0. The van der Waals surface area contributed by atoms with Crippen LogP contribution in [0.3, 0.4) is 0 Å². The van der Waals surface area contributed by atoms with Gasteiger partial charge in [-0.2, -0.15) is 5.26 Å². The molecule has 9 heteroatoms. The molecule has 0 amide bonds. The zero-order valence-corrected chi connectivity index (χ0v) is 25.8. The smallest absolute Gasteiger partial charge is 0.348 e. The molecular weight excluding hydrogens is 554 g/mol. The lowest BCUT2D eigenvalue weighted by Gasteiger charge is -2.15. The van der Waals surface area contributed by atoms with Gasteiger partial charge in [-0.15, -0.1) is 11.3 Å². The molecule has 42 heavy (non-hydrogen) atoms. The van der Waals surface area contributed by atoms with Crippen molar-refractivity contribution in [3.8, 4) is 17.6 Å². The van der Waals surface area contributed by atoms with Gasteiger partial charge in [0.05, 0.1) is 31.5 Å². The number of methoxy groups -OCH3 is 1. The first-order valence-corrected chi connectivity index (χ1v) is 14.3. The van der Waals surface area contributed by atoms with Gasteiger partial charge in [0.25, 0.3) is 0 Å². The van der Waals surface area contributed by atoms with Gasteiger partial charge in [-0.1, -0.05) is 23.8 Å². The highest BCUT2D eigenvalue weighted by atomic mass is 32.1. The molecule has 3 rings (SSSR count). The van der Waals surface area contributed by atoms with Gasteiger partial charge in [0.15, 0.2) is 17.3 Å². The third kappa shape index (κ3) is 7.45. The van der Waals surface area contributed by atoms with Crippen LogP contribution in [0.1, 0.15) is 72.1 Å². The number of aryl methyl sites for hydroxylation is 3. The summed E-state index contributed by atoms with van der Waals surface area (Å²) in [5.41, 5.74) is 5.56. The minimum Gasteiger partial charge on any atom is -0.493 e. The Labute approximate surface area is 250 Å². The average molecular weight is 590 g/mol. The summed E-state index contributed by atoms with van der Waals surface area (Å²) < 4.78 is 21.9. The van der Waals surface area contributed by atoms with Crippen LogP contribution in [0.4, 0.5) is 0 Å². The normalized spacial score (nSPS) is 11.0. The van der Waals surface area contributed by atoms with Crippen molar-refractivity contribution in [3.05, 3.63) is 84.6 Å². The van der Waals surface area contributed by atoms with E-state index in [1.165, 1.54) is 18.7 Å². The second-order valence-corrected chi connectivity index (χ2v) is 10.7. The molecule has 0 fully saturated rings. The number of hydrogen-bond acceptors (Lipinski definition) is 9. The summed E-state index contributed by atoms with van der Waals surface area (Å²) >= 11 is 0.996. The lowest BCUT2D eigenvalue weighted by Crippen LogP contribution is -2.12. The molecule has 0 bridgehead atoms. The van der Waals surface area contributed by atoms with Crippen molar-refractivity contribution >= 4 is 35.1 Å². The minimum atomic E-state index is -0.636. The molecular formula is C33H35NO7S. The fraction of sp³-hybridized carbons (Fsp3) is 0.333. The Balaban J connectivity index is 1.87. The number of carbonyl (C=O) groups excluding carboxylic acids is 3. The molecule has 0 N–H and O–H groups in total. The number of Topliss-reactive ketones (excluding diaryl/α,β-unsaturated/α-hetero) is 1. The van der Waals surface area contributed by atoms with E-state index in [0.717, 1.165) is 28.0 Å². The van der Waals surface area contributed by atoms with Crippen LogP contribution >= 0.6 is 11.3 Å². The molecule has 2 aromatic carbocycles. The predicted molar refractivity (Wildman–Crippen MR) is 161 cm³/mol. The Bertz CT molecular complexity index is 1550. The second kappa shape index (κ2) is 14.5. The van der Waals surface area contributed by atoms with Crippen molar-refractivity contribution < 1.29 is 33.3 Å². The van der Waals surface area contributed by atoms with E-state index in [1.54, 1.807) is 39.0 Å². The Hall–Kier alpha value is -4.42. The van der Waals surface area contributed by atoms with E-state index in [0.29, 0.717) is 34.1 Å². The summed E-state index contributed by atoms with van der Waals surface area (Å²) in [6.07, 6.45) is 1.20. The fourth-order valence-corrected chi connectivity index (χ4v) is 5.81. The second-order valence-electron chi connectivity index (χ2n) is 9.64. The third-order valence-corrected chi connectivity index (χ3v) is 7.88. The number of benzene rings is 2. The number of thiophene rings is 1. The SMILES string of the molecule is CCOC(=O)c1sc(CC(=O)C(C#N)=Cc2ccc(OCc3c(C)cc(C)cc3C)c(OC)c2)c(C(=O)OCC)c1C. The molecule has 0 aliphatic heterocycles. The fourth-order valence-electron chi connectivity index (χ4n) is 4.62. The number of ketones is 1. The summed E-state index contributed by atoms with van der Waals surface area (Å²) in [5, 5.41) is 9.82. The molecule has 0 saturated carbocycles. The number of esters is 2. The average Bonchev–Trinajstić information content (AvgIpc) is 3.27. The zero-order valence-electron chi connectivity index (χ0n) is 25.0. The van der Waals surface area contributed by atoms with E-state index in [4.69, 9.17) is 18.9 Å². The highest BCUT2D eigenvalue weighted by Gasteiger charge is 2.28. The van der Waals surface area contributed by atoms with E-state index < -0.39 is 17.7 Å². The third-order valence-electron chi connectivity index (χ3n) is 6.61. The van der Waals surface area contributed by atoms with Gasteiger partial charge in [0, 0.05) is 11.3 Å². The van der Waals surface area contributed by atoms with E-state index >= 15 is 0 Å². The highest BCUT2D eigenvalue weighted by Crippen LogP contribution is 2.33. The highest BCUT2D eigenvalue weighted by molar-refractivity contribution is 7.14. The molecule has 0 atom stereocenters. The molecule has 3 aromatic rings. The van der Waals surface area contributed by atoms with Gasteiger partial charge in [-0.05, 0) is 87.6 Å². The van der Waals surface area contributed by atoms with Gasteiger partial charge < -0.3 is 18.9 Å². The first kappa shape index (κ1) is 32.1. The first-order valence-electron chi connectivity index (χ1n) is 13.5.